The molecule has 0 aliphatic heterocycles. The molecule has 0 saturated carbocycles. The summed E-state index contributed by atoms with van der Waals surface area (Å²) in [6, 6.07) is -1.88. The number of aliphatic hydroxyl groups excluding tert-OH is 1. The fourth-order valence-electron chi connectivity index (χ4n) is 0.949. The van der Waals surface area contributed by atoms with Crippen molar-refractivity contribution in [3.63, 3.8) is 0 Å². The van der Waals surface area contributed by atoms with E-state index in [1.807, 2.05) is 0 Å². The Hall–Kier alpha value is -1.74. The van der Waals surface area contributed by atoms with Crippen LogP contribution < -0.4 is 10.6 Å². The minimum atomic E-state index is -1.27. The van der Waals surface area contributed by atoms with E-state index in [0.29, 0.717) is 13.0 Å². The Kier molecular flexibility index (Phi) is 7.63. The summed E-state index contributed by atoms with van der Waals surface area (Å²) < 4.78 is 0. The fraction of sp³-hybridized carbons (Fsp3) is 0.600. The Bertz CT molecular complexity index is 272. The third kappa shape index (κ3) is 6.68. The molecule has 0 aromatic heterocycles. The SMILES string of the molecule is C#CCCCCNC(=O)NC(CO)C(=O)O. The summed E-state index contributed by atoms with van der Waals surface area (Å²) >= 11 is 0. The van der Waals surface area contributed by atoms with Crippen LogP contribution in [0.1, 0.15) is 19.3 Å². The molecule has 90 valence electrons. The van der Waals surface area contributed by atoms with Crippen molar-refractivity contribution in [2.75, 3.05) is 13.2 Å². The Labute approximate surface area is 94.0 Å². The first-order valence-electron chi connectivity index (χ1n) is 4.93. The number of hydrogen-bond acceptors (Lipinski definition) is 3. The monoisotopic (exact) mass is 228 g/mol. The van der Waals surface area contributed by atoms with Gasteiger partial charge in [-0.05, 0) is 12.8 Å². The van der Waals surface area contributed by atoms with Crippen molar-refractivity contribution >= 4 is 12.0 Å². The Morgan fingerprint density at radius 2 is 2.06 bits per heavy atom. The number of rotatable bonds is 7. The van der Waals surface area contributed by atoms with Gasteiger partial charge in [-0.1, -0.05) is 0 Å². The first kappa shape index (κ1) is 14.3. The third-order valence-electron chi connectivity index (χ3n) is 1.82. The summed E-state index contributed by atoms with van der Waals surface area (Å²) in [6.07, 6.45) is 7.23. The molecule has 0 radical (unpaired) electrons. The van der Waals surface area contributed by atoms with E-state index in [9.17, 15) is 9.59 Å². The molecule has 0 heterocycles. The zero-order chi connectivity index (χ0) is 12.4. The predicted molar refractivity (Wildman–Crippen MR) is 57.7 cm³/mol. The van der Waals surface area contributed by atoms with E-state index in [4.69, 9.17) is 16.6 Å². The number of carbonyl (C=O) groups excluding carboxylic acids is 1. The van der Waals surface area contributed by atoms with Crippen molar-refractivity contribution in [3.8, 4) is 12.3 Å². The standard InChI is InChI=1S/C10H16N2O4/c1-2-3-4-5-6-11-10(16)12-8(7-13)9(14)15/h1,8,13H,3-7H2,(H,14,15)(H2,11,12,16). The highest BCUT2D eigenvalue weighted by Gasteiger charge is 2.17. The number of hydrogen-bond donors (Lipinski definition) is 4. The summed E-state index contributed by atoms with van der Waals surface area (Å²) in [7, 11) is 0. The zero-order valence-electron chi connectivity index (χ0n) is 8.90. The van der Waals surface area contributed by atoms with Gasteiger partial charge in [0.15, 0.2) is 6.04 Å². The van der Waals surface area contributed by atoms with Gasteiger partial charge in [-0.25, -0.2) is 9.59 Å². The average molecular weight is 228 g/mol. The lowest BCUT2D eigenvalue weighted by molar-refractivity contribution is -0.140. The summed E-state index contributed by atoms with van der Waals surface area (Å²) in [6.45, 7) is -0.217. The van der Waals surface area contributed by atoms with Crippen LogP contribution in [0.4, 0.5) is 4.79 Å². The van der Waals surface area contributed by atoms with Gasteiger partial charge in [0.2, 0.25) is 0 Å². The van der Waals surface area contributed by atoms with Gasteiger partial charge in [0.1, 0.15) is 0 Å². The van der Waals surface area contributed by atoms with Crippen molar-refractivity contribution < 1.29 is 19.8 Å². The highest BCUT2D eigenvalue weighted by Crippen LogP contribution is 1.91. The highest BCUT2D eigenvalue weighted by atomic mass is 16.4. The van der Waals surface area contributed by atoms with Gasteiger partial charge in [0.25, 0.3) is 0 Å². The van der Waals surface area contributed by atoms with Crippen molar-refractivity contribution in [3.05, 3.63) is 0 Å². The number of terminal acetylenes is 1. The molecule has 0 aliphatic rings. The molecular weight excluding hydrogens is 212 g/mol. The van der Waals surface area contributed by atoms with Crippen LogP contribution in [0.2, 0.25) is 0 Å². The molecular formula is C10H16N2O4. The zero-order valence-corrected chi connectivity index (χ0v) is 8.90. The molecule has 0 aromatic rings. The average Bonchev–Trinajstić information content (AvgIpc) is 2.25. The van der Waals surface area contributed by atoms with Crippen molar-refractivity contribution in [1.29, 1.82) is 0 Å². The molecule has 0 saturated heterocycles. The van der Waals surface area contributed by atoms with Crippen LogP contribution in [0.15, 0.2) is 0 Å². The van der Waals surface area contributed by atoms with Crippen LogP contribution in [0, 0.1) is 12.3 Å². The normalized spacial score (nSPS) is 11.2. The molecule has 0 bridgehead atoms. The lowest BCUT2D eigenvalue weighted by atomic mass is 10.2. The van der Waals surface area contributed by atoms with Crippen molar-refractivity contribution in [2.45, 2.75) is 25.3 Å². The summed E-state index contributed by atoms with van der Waals surface area (Å²) in [5.41, 5.74) is 0. The van der Waals surface area contributed by atoms with E-state index < -0.39 is 24.6 Å². The second kappa shape index (κ2) is 8.56. The van der Waals surface area contributed by atoms with Crippen LogP contribution in [0.5, 0.6) is 0 Å². The maximum atomic E-state index is 11.1. The van der Waals surface area contributed by atoms with Gasteiger partial charge in [0.05, 0.1) is 6.61 Å². The first-order chi connectivity index (χ1) is 7.61. The van der Waals surface area contributed by atoms with E-state index in [0.717, 1.165) is 12.8 Å². The van der Waals surface area contributed by atoms with Gasteiger partial charge < -0.3 is 20.8 Å². The number of nitrogens with one attached hydrogen (secondary N) is 2. The van der Waals surface area contributed by atoms with E-state index in [2.05, 4.69) is 16.6 Å². The van der Waals surface area contributed by atoms with Crippen molar-refractivity contribution in [1.82, 2.24) is 10.6 Å². The molecule has 0 fully saturated rings. The van der Waals surface area contributed by atoms with Gasteiger partial charge in [0, 0.05) is 13.0 Å². The van der Waals surface area contributed by atoms with Gasteiger partial charge in [-0.15, -0.1) is 12.3 Å². The number of carboxylic acid groups (broad SMARTS) is 1. The molecule has 1 unspecified atom stereocenters. The van der Waals surface area contributed by atoms with E-state index >= 15 is 0 Å². The fourth-order valence-corrected chi connectivity index (χ4v) is 0.949. The van der Waals surface area contributed by atoms with Crippen LogP contribution in [-0.4, -0.2) is 41.4 Å². The molecule has 6 heteroatoms. The minimum Gasteiger partial charge on any atom is -0.480 e. The topological polar surface area (TPSA) is 98.7 Å². The Morgan fingerprint density at radius 1 is 1.38 bits per heavy atom. The lowest BCUT2D eigenvalue weighted by Gasteiger charge is -2.12. The highest BCUT2D eigenvalue weighted by molar-refractivity contribution is 5.82. The number of unbranched alkanes of at least 4 members (excludes halogenated alkanes) is 2. The second-order valence-electron chi connectivity index (χ2n) is 3.13. The molecule has 16 heavy (non-hydrogen) atoms. The summed E-state index contributed by atoms with van der Waals surface area (Å²) in [5, 5.41) is 21.8. The molecule has 0 spiro atoms. The molecule has 4 N–H and O–H groups in total. The summed E-state index contributed by atoms with van der Waals surface area (Å²) in [4.78, 5) is 21.6. The molecule has 1 atom stereocenters. The van der Waals surface area contributed by atoms with Gasteiger partial charge in [-0.3, -0.25) is 0 Å². The van der Waals surface area contributed by atoms with E-state index in [1.54, 1.807) is 0 Å². The molecule has 2 amide bonds. The molecule has 0 aliphatic carbocycles. The van der Waals surface area contributed by atoms with Crippen LogP contribution in [0.3, 0.4) is 0 Å². The summed E-state index contributed by atoms with van der Waals surface area (Å²) in [5.74, 6) is 1.20. The number of aliphatic hydroxyl groups is 1. The maximum Gasteiger partial charge on any atom is 0.328 e. The maximum absolute atomic E-state index is 11.1. The number of aliphatic carboxylic acids is 1. The molecule has 0 rings (SSSR count). The van der Waals surface area contributed by atoms with Crippen LogP contribution >= 0.6 is 0 Å². The minimum absolute atomic E-state index is 0.422. The Balaban J connectivity index is 3.65. The van der Waals surface area contributed by atoms with Crippen molar-refractivity contribution in [2.24, 2.45) is 0 Å². The predicted octanol–water partition coefficient (Wildman–Crippen LogP) is -0.465. The Morgan fingerprint density at radius 3 is 2.56 bits per heavy atom. The number of carboxylic acids is 1. The van der Waals surface area contributed by atoms with E-state index in [1.165, 1.54) is 0 Å². The first-order valence-corrected chi connectivity index (χ1v) is 4.93. The van der Waals surface area contributed by atoms with Gasteiger partial charge in [-0.2, -0.15) is 0 Å². The van der Waals surface area contributed by atoms with Crippen LogP contribution in [0.25, 0.3) is 0 Å². The van der Waals surface area contributed by atoms with Gasteiger partial charge >= 0.3 is 12.0 Å². The number of carbonyl (C=O) groups is 2. The molecule has 0 aromatic carbocycles. The second-order valence-corrected chi connectivity index (χ2v) is 3.13. The van der Waals surface area contributed by atoms with Crippen LogP contribution in [-0.2, 0) is 4.79 Å². The molecule has 6 nitrogen and oxygen atoms in total. The smallest absolute Gasteiger partial charge is 0.328 e. The largest absolute Gasteiger partial charge is 0.480 e. The number of amides is 2. The van der Waals surface area contributed by atoms with E-state index in [-0.39, 0.29) is 0 Å². The third-order valence-corrected chi connectivity index (χ3v) is 1.82. The number of urea groups is 1. The quantitative estimate of drug-likeness (QED) is 0.350. The lowest BCUT2D eigenvalue weighted by Crippen LogP contribution is -2.48.